The largest absolute Gasteiger partial charge is 0.320 e. The Morgan fingerprint density at radius 2 is 1.53 bits per heavy atom. The lowest BCUT2D eigenvalue weighted by Crippen LogP contribution is -2.28. The molecule has 3 aromatic rings. The Kier molecular flexibility index (Phi) is 5.71. The summed E-state index contributed by atoms with van der Waals surface area (Å²) in [6.45, 7) is 0. The standard InChI is InChI=1S/C23H17FN4O4/c24-15-6-9-17(26-23(32)18-3-1-2-12-25-18)19(13-15)27-22(31)14-4-7-16(8-5-14)28-20(29)10-11-21(28)30/h1-9,12-13H,10-11H2,(H,26,32)(H,27,31). The molecule has 0 saturated carbocycles. The molecule has 1 aromatic heterocycles. The monoisotopic (exact) mass is 432 g/mol. The average Bonchev–Trinajstić information content (AvgIpc) is 3.14. The molecule has 8 nitrogen and oxygen atoms in total. The molecule has 160 valence electrons. The predicted molar refractivity (Wildman–Crippen MR) is 115 cm³/mol. The maximum Gasteiger partial charge on any atom is 0.274 e. The number of aromatic nitrogens is 1. The van der Waals surface area contributed by atoms with Crippen molar-refractivity contribution < 1.29 is 23.6 Å². The molecule has 0 bridgehead atoms. The molecule has 0 unspecified atom stereocenters. The summed E-state index contributed by atoms with van der Waals surface area (Å²) in [7, 11) is 0. The van der Waals surface area contributed by atoms with Crippen molar-refractivity contribution in [1.29, 1.82) is 0 Å². The molecule has 2 heterocycles. The van der Waals surface area contributed by atoms with Gasteiger partial charge in [0.25, 0.3) is 11.8 Å². The average molecular weight is 432 g/mol. The highest BCUT2D eigenvalue weighted by molar-refractivity contribution is 6.20. The van der Waals surface area contributed by atoms with Crippen LogP contribution in [-0.4, -0.2) is 28.6 Å². The highest BCUT2D eigenvalue weighted by atomic mass is 19.1. The topological polar surface area (TPSA) is 108 Å². The van der Waals surface area contributed by atoms with Gasteiger partial charge in [0.05, 0.1) is 17.1 Å². The number of amides is 4. The first-order valence-electron chi connectivity index (χ1n) is 9.71. The van der Waals surface area contributed by atoms with Gasteiger partial charge in [-0.2, -0.15) is 0 Å². The predicted octanol–water partition coefficient (Wildman–Crippen LogP) is 3.38. The van der Waals surface area contributed by atoms with E-state index in [4.69, 9.17) is 0 Å². The lowest BCUT2D eigenvalue weighted by atomic mass is 10.1. The molecule has 2 N–H and O–H groups in total. The van der Waals surface area contributed by atoms with Crippen LogP contribution >= 0.6 is 0 Å². The van der Waals surface area contributed by atoms with Crippen molar-refractivity contribution in [1.82, 2.24) is 4.98 Å². The maximum absolute atomic E-state index is 13.8. The Labute approximate surface area is 182 Å². The van der Waals surface area contributed by atoms with Crippen molar-refractivity contribution in [3.05, 3.63) is 83.9 Å². The van der Waals surface area contributed by atoms with Gasteiger partial charge >= 0.3 is 0 Å². The van der Waals surface area contributed by atoms with Crippen LogP contribution in [0.4, 0.5) is 21.5 Å². The lowest BCUT2D eigenvalue weighted by molar-refractivity contribution is -0.121. The Morgan fingerprint density at radius 1 is 0.844 bits per heavy atom. The van der Waals surface area contributed by atoms with Gasteiger partial charge in [-0.1, -0.05) is 6.07 Å². The molecule has 1 aliphatic heterocycles. The van der Waals surface area contributed by atoms with Crippen LogP contribution in [0.25, 0.3) is 0 Å². The number of hydrogen-bond acceptors (Lipinski definition) is 5. The zero-order valence-corrected chi connectivity index (χ0v) is 16.7. The molecule has 2 aromatic carbocycles. The fourth-order valence-corrected chi connectivity index (χ4v) is 3.23. The van der Waals surface area contributed by atoms with Gasteiger partial charge < -0.3 is 10.6 Å². The van der Waals surface area contributed by atoms with Gasteiger partial charge in [-0.3, -0.25) is 29.1 Å². The van der Waals surface area contributed by atoms with Gasteiger partial charge in [0.1, 0.15) is 11.5 Å². The first-order valence-corrected chi connectivity index (χ1v) is 9.71. The van der Waals surface area contributed by atoms with E-state index >= 15 is 0 Å². The van der Waals surface area contributed by atoms with Crippen LogP contribution < -0.4 is 15.5 Å². The van der Waals surface area contributed by atoms with Crippen molar-refractivity contribution in [3.63, 3.8) is 0 Å². The van der Waals surface area contributed by atoms with Crippen molar-refractivity contribution >= 4 is 40.7 Å². The normalized spacial score (nSPS) is 13.2. The second-order valence-electron chi connectivity index (χ2n) is 6.98. The fourth-order valence-electron chi connectivity index (χ4n) is 3.23. The van der Waals surface area contributed by atoms with Gasteiger partial charge in [0, 0.05) is 24.6 Å². The van der Waals surface area contributed by atoms with Crippen LogP contribution in [0.1, 0.15) is 33.7 Å². The number of rotatable bonds is 5. The van der Waals surface area contributed by atoms with E-state index in [9.17, 15) is 23.6 Å². The van der Waals surface area contributed by atoms with E-state index in [2.05, 4.69) is 15.6 Å². The maximum atomic E-state index is 13.8. The minimum atomic E-state index is -0.599. The lowest BCUT2D eigenvalue weighted by Gasteiger charge is -2.15. The molecular formula is C23H17FN4O4. The first-order chi connectivity index (χ1) is 15.4. The second-order valence-corrected chi connectivity index (χ2v) is 6.98. The third-order valence-electron chi connectivity index (χ3n) is 4.81. The van der Waals surface area contributed by atoms with Crippen LogP contribution in [0, 0.1) is 5.82 Å². The van der Waals surface area contributed by atoms with Crippen LogP contribution in [0.3, 0.4) is 0 Å². The van der Waals surface area contributed by atoms with Gasteiger partial charge in [0.2, 0.25) is 11.8 Å². The number of carbonyl (C=O) groups is 4. The SMILES string of the molecule is O=C(Nc1cc(F)ccc1NC(=O)c1ccccn1)c1ccc(N2C(=O)CCC2=O)cc1. The molecule has 9 heteroatoms. The van der Waals surface area contributed by atoms with E-state index in [1.165, 1.54) is 42.6 Å². The van der Waals surface area contributed by atoms with E-state index in [0.29, 0.717) is 5.69 Å². The Bertz CT molecular complexity index is 1200. The first kappa shape index (κ1) is 20.9. The van der Waals surface area contributed by atoms with E-state index in [0.717, 1.165) is 17.0 Å². The van der Waals surface area contributed by atoms with Gasteiger partial charge in [-0.05, 0) is 54.6 Å². The zero-order chi connectivity index (χ0) is 22.7. The summed E-state index contributed by atoms with van der Waals surface area (Å²) in [5.74, 6) is -2.26. The Hall–Kier alpha value is -4.40. The number of benzene rings is 2. The van der Waals surface area contributed by atoms with Gasteiger partial charge in [-0.25, -0.2) is 4.39 Å². The summed E-state index contributed by atoms with van der Waals surface area (Å²) in [4.78, 5) is 53.8. The van der Waals surface area contributed by atoms with Crippen molar-refractivity contribution in [2.24, 2.45) is 0 Å². The van der Waals surface area contributed by atoms with Crippen LogP contribution in [0.15, 0.2) is 66.9 Å². The van der Waals surface area contributed by atoms with E-state index in [1.54, 1.807) is 12.1 Å². The number of halogens is 1. The molecule has 0 aliphatic carbocycles. The molecule has 1 saturated heterocycles. The molecule has 0 radical (unpaired) electrons. The molecule has 0 spiro atoms. The molecule has 32 heavy (non-hydrogen) atoms. The van der Waals surface area contributed by atoms with E-state index in [-0.39, 0.29) is 47.3 Å². The highest BCUT2D eigenvalue weighted by Crippen LogP contribution is 2.26. The number of nitrogens with one attached hydrogen (secondary N) is 2. The molecule has 4 amide bonds. The minimum absolute atomic E-state index is 0.0632. The molecule has 1 aliphatic rings. The summed E-state index contributed by atoms with van der Waals surface area (Å²) < 4.78 is 13.8. The molecule has 4 rings (SSSR count). The number of hydrogen-bond donors (Lipinski definition) is 2. The summed E-state index contributed by atoms with van der Waals surface area (Å²) in [6, 6.07) is 14.3. The van der Waals surface area contributed by atoms with Crippen molar-refractivity contribution in [3.8, 4) is 0 Å². The molecular weight excluding hydrogens is 415 g/mol. The zero-order valence-electron chi connectivity index (χ0n) is 16.7. The van der Waals surface area contributed by atoms with Crippen LogP contribution in [0.5, 0.6) is 0 Å². The summed E-state index contributed by atoms with van der Waals surface area (Å²) in [6.07, 6.45) is 1.79. The summed E-state index contributed by atoms with van der Waals surface area (Å²) >= 11 is 0. The summed E-state index contributed by atoms with van der Waals surface area (Å²) in [5.41, 5.74) is 1.02. The highest BCUT2D eigenvalue weighted by Gasteiger charge is 2.30. The molecule has 1 fully saturated rings. The van der Waals surface area contributed by atoms with Gasteiger partial charge in [-0.15, -0.1) is 0 Å². The van der Waals surface area contributed by atoms with Crippen LogP contribution in [0.2, 0.25) is 0 Å². The smallest absolute Gasteiger partial charge is 0.274 e. The quantitative estimate of drug-likeness (QED) is 0.601. The second kappa shape index (κ2) is 8.76. The number of anilines is 3. The van der Waals surface area contributed by atoms with Gasteiger partial charge in [0.15, 0.2) is 0 Å². The fraction of sp³-hybridized carbons (Fsp3) is 0.0870. The summed E-state index contributed by atoms with van der Waals surface area (Å²) in [5, 5.41) is 5.17. The van der Waals surface area contributed by atoms with Crippen molar-refractivity contribution in [2.45, 2.75) is 12.8 Å². The van der Waals surface area contributed by atoms with E-state index in [1.807, 2.05) is 0 Å². The Balaban J connectivity index is 1.52. The number of imide groups is 1. The molecule has 0 atom stereocenters. The third kappa shape index (κ3) is 4.36. The number of carbonyl (C=O) groups excluding carboxylic acids is 4. The number of pyridine rings is 1. The van der Waals surface area contributed by atoms with E-state index < -0.39 is 17.6 Å². The Morgan fingerprint density at radius 3 is 2.19 bits per heavy atom. The van der Waals surface area contributed by atoms with Crippen LogP contribution in [-0.2, 0) is 9.59 Å². The minimum Gasteiger partial charge on any atom is -0.320 e. The number of nitrogens with zero attached hydrogens (tertiary/aromatic N) is 2. The van der Waals surface area contributed by atoms with Crippen molar-refractivity contribution in [2.75, 3.05) is 15.5 Å². The third-order valence-corrected chi connectivity index (χ3v) is 4.81.